The van der Waals surface area contributed by atoms with Gasteiger partial charge in [0, 0.05) is 18.7 Å². The van der Waals surface area contributed by atoms with Crippen LogP contribution < -0.4 is 10.5 Å². The van der Waals surface area contributed by atoms with Crippen molar-refractivity contribution in [3.8, 4) is 11.4 Å². The van der Waals surface area contributed by atoms with Crippen LogP contribution in [0.4, 0.5) is 0 Å². The van der Waals surface area contributed by atoms with Gasteiger partial charge in [-0.05, 0) is 43.4 Å². The molecule has 0 saturated carbocycles. The Balaban J connectivity index is 1.49. The van der Waals surface area contributed by atoms with Crippen molar-refractivity contribution in [2.75, 3.05) is 6.54 Å². The molecule has 1 aliphatic heterocycles. The van der Waals surface area contributed by atoms with E-state index in [1.54, 1.807) is 12.1 Å². The van der Waals surface area contributed by atoms with Gasteiger partial charge in [0.25, 0.3) is 5.91 Å². The van der Waals surface area contributed by atoms with Crippen molar-refractivity contribution >= 4 is 15.9 Å². The first kappa shape index (κ1) is 21.3. The van der Waals surface area contributed by atoms with Gasteiger partial charge in [0.05, 0.1) is 10.6 Å². The predicted molar refractivity (Wildman–Crippen MR) is 119 cm³/mol. The number of nitrogens with two attached hydrogens (primary N) is 1. The maximum absolute atomic E-state index is 13.0. The number of carbonyl (C=O) groups excluding carboxylic acids is 1. The summed E-state index contributed by atoms with van der Waals surface area (Å²) in [6.07, 6.45) is 4.71. The number of imidazole rings is 1. The van der Waals surface area contributed by atoms with Crippen LogP contribution in [0.2, 0.25) is 0 Å². The number of hydrogen-bond acceptors (Lipinski definition) is 4. The lowest BCUT2D eigenvalue weighted by Crippen LogP contribution is -2.27. The van der Waals surface area contributed by atoms with Gasteiger partial charge in [0.15, 0.2) is 0 Å². The van der Waals surface area contributed by atoms with Crippen molar-refractivity contribution in [1.29, 1.82) is 0 Å². The smallest absolute Gasteiger partial charge is 0.271 e. The number of carbonyl (C=O) groups is 1. The molecule has 1 aliphatic rings. The van der Waals surface area contributed by atoms with Crippen LogP contribution in [0.1, 0.15) is 41.0 Å². The normalized spacial score (nSPS) is 14.0. The number of primary sulfonamides is 1. The molecule has 0 radical (unpaired) electrons. The third-order valence-electron chi connectivity index (χ3n) is 5.57. The van der Waals surface area contributed by atoms with E-state index in [1.807, 2.05) is 30.3 Å². The monoisotopic (exact) mass is 438 g/mol. The Morgan fingerprint density at radius 3 is 2.48 bits per heavy atom. The second kappa shape index (κ2) is 9.03. The number of nitrogens with one attached hydrogen (secondary N) is 1. The second-order valence-electron chi connectivity index (χ2n) is 7.75. The van der Waals surface area contributed by atoms with Gasteiger partial charge in [-0.15, -0.1) is 0 Å². The fourth-order valence-electron chi connectivity index (χ4n) is 3.96. The minimum absolute atomic E-state index is 0.0782. The lowest BCUT2D eigenvalue weighted by molar-refractivity contribution is 0.0948. The molecule has 0 unspecified atom stereocenters. The van der Waals surface area contributed by atoms with E-state index in [2.05, 4.69) is 9.88 Å². The number of rotatable bonds is 6. The molecular weight excluding hydrogens is 412 g/mol. The van der Waals surface area contributed by atoms with Crippen molar-refractivity contribution in [2.45, 2.75) is 43.5 Å². The van der Waals surface area contributed by atoms with Gasteiger partial charge in [-0.2, -0.15) is 0 Å². The molecule has 7 nitrogen and oxygen atoms in total. The zero-order chi connectivity index (χ0) is 21.8. The van der Waals surface area contributed by atoms with Crippen LogP contribution in [0.3, 0.4) is 0 Å². The van der Waals surface area contributed by atoms with E-state index >= 15 is 0 Å². The Morgan fingerprint density at radius 1 is 1.03 bits per heavy atom. The van der Waals surface area contributed by atoms with Crippen LogP contribution in [-0.2, 0) is 29.4 Å². The standard InChI is InChI=1S/C23H26N4O3S/c24-31(29,30)19-12-10-17(11-13-19)14-15-25-23(28)21-20-9-5-2-6-16-27(20)22(26-21)18-7-3-1-4-8-18/h1,3-4,7-8,10-13H,2,5-6,9,14-16H2,(H,25,28)(H2,24,29,30). The zero-order valence-corrected chi connectivity index (χ0v) is 18.1. The highest BCUT2D eigenvalue weighted by Gasteiger charge is 2.24. The Morgan fingerprint density at radius 2 is 1.77 bits per heavy atom. The molecule has 2 aromatic carbocycles. The summed E-state index contributed by atoms with van der Waals surface area (Å²) in [6, 6.07) is 16.4. The number of benzene rings is 2. The average Bonchev–Trinajstić information content (AvgIpc) is 2.95. The summed E-state index contributed by atoms with van der Waals surface area (Å²) >= 11 is 0. The van der Waals surface area contributed by atoms with E-state index in [0.717, 1.165) is 54.9 Å². The topological polar surface area (TPSA) is 107 Å². The predicted octanol–water partition coefficient (Wildman–Crippen LogP) is 2.90. The quantitative estimate of drug-likeness (QED) is 0.617. The lowest BCUT2D eigenvalue weighted by Gasteiger charge is -2.09. The molecule has 8 heteroatoms. The number of nitrogens with zero attached hydrogens (tertiary/aromatic N) is 2. The van der Waals surface area contributed by atoms with Gasteiger partial charge < -0.3 is 9.88 Å². The van der Waals surface area contributed by atoms with Crippen molar-refractivity contribution in [2.24, 2.45) is 5.14 Å². The molecule has 0 saturated heterocycles. The van der Waals surface area contributed by atoms with Crippen LogP contribution in [0.25, 0.3) is 11.4 Å². The van der Waals surface area contributed by atoms with E-state index < -0.39 is 10.0 Å². The Kier molecular flexibility index (Phi) is 6.20. The molecule has 3 aromatic rings. The summed E-state index contributed by atoms with van der Waals surface area (Å²) in [7, 11) is -3.70. The summed E-state index contributed by atoms with van der Waals surface area (Å²) in [4.78, 5) is 17.8. The second-order valence-corrected chi connectivity index (χ2v) is 9.32. The molecule has 3 N–H and O–H groups in total. The average molecular weight is 439 g/mol. The van der Waals surface area contributed by atoms with Gasteiger partial charge in [-0.25, -0.2) is 18.5 Å². The van der Waals surface area contributed by atoms with Crippen LogP contribution in [-0.4, -0.2) is 30.4 Å². The highest BCUT2D eigenvalue weighted by molar-refractivity contribution is 7.89. The molecule has 162 valence electrons. The van der Waals surface area contributed by atoms with Gasteiger partial charge in [-0.1, -0.05) is 48.9 Å². The van der Waals surface area contributed by atoms with E-state index in [-0.39, 0.29) is 10.8 Å². The maximum Gasteiger partial charge on any atom is 0.271 e. The van der Waals surface area contributed by atoms with Crippen molar-refractivity contribution in [3.05, 3.63) is 71.5 Å². The SMILES string of the molecule is NS(=O)(=O)c1ccc(CCNC(=O)c2nc(-c3ccccc3)n3c2CCCCC3)cc1. The first-order valence-electron chi connectivity index (χ1n) is 10.5. The maximum atomic E-state index is 13.0. The summed E-state index contributed by atoms with van der Waals surface area (Å²) in [5, 5.41) is 8.10. The summed E-state index contributed by atoms with van der Waals surface area (Å²) in [6.45, 7) is 1.30. The highest BCUT2D eigenvalue weighted by Crippen LogP contribution is 2.27. The van der Waals surface area contributed by atoms with Crippen LogP contribution in [0.5, 0.6) is 0 Å². The molecule has 0 fully saturated rings. The largest absolute Gasteiger partial charge is 0.350 e. The molecule has 0 aliphatic carbocycles. The minimum atomic E-state index is -3.70. The van der Waals surface area contributed by atoms with Crippen LogP contribution in [0.15, 0.2) is 59.5 Å². The number of amides is 1. The number of aromatic nitrogens is 2. The van der Waals surface area contributed by atoms with E-state index in [0.29, 0.717) is 18.7 Å². The fraction of sp³-hybridized carbons (Fsp3) is 0.304. The third-order valence-corrected chi connectivity index (χ3v) is 6.50. The number of hydrogen-bond donors (Lipinski definition) is 2. The van der Waals surface area contributed by atoms with Crippen molar-refractivity contribution < 1.29 is 13.2 Å². The van der Waals surface area contributed by atoms with Crippen molar-refractivity contribution in [3.63, 3.8) is 0 Å². The van der Waals surface area contributed by atoms with Crippen molar-refractivity contribution in [1.82, 2.24) is 14.9 Å². The van der Waals surface area contributed by atoms with Gasteiger partial charge in [-0.3, -0.25) is 4.79 Å². The van der Waals surface area contributed by atoms with Crippen LogP contribution >= 0.6 is 0 Å². The first-order chi connectivity index (χ1) is 14.9. The number of sulfonamides is 1. The molecule has 1 aromatic heterocycles. The Labute approximate surface area is 182 Å². The lowest BCUT2D eigenvalue weighted by atomic mass is 10.1. The van der Waals surface area contributed by atoms with Gasteiger partial charge in [0.1, 0.15) is 11.5 Å². The van der Waals surface area contributed by atoms with E-state index in [1.165, 1.54) is 12.1 Å². The summed E-state index contributed by atoms with van der Waals surface area (Å²) in [5.74, 6) is 0.676. The van der Waals surface area contributed by atoms with Crippen LogP contribution in [0, 0.1) is 0 Å². The van der Waals surface area contributed by atoms with E-state index in [4.69, 9.17) is 10.1 Å². The summed E-state index contributed by atoms with van der Waals surface area (Å²) < 4.78 is 24.9. The van der Waals surface area contributed by atoms with E-state index in [9.17, 15) is 13.2 Å². The number of fused-ring (bicyclic) bond motifs is 1. The molecule has 1 amide bonds. The third kappa shape index (κ3) is 4.86. The molecular formula is C23H26N4O3S. The Bertz CT molecular complexity index is 1170. The zero-order valence-electron chi connectivity index (χ0n) is 17.3. The molecule has 0 atom stereocenters. The molecule has 31 heavy (non-hydrogen) atoms. The summed E-state index contributed by atoms with van der Waals surface area (Å²) in [5.41, 5.74) is 3.44. The van der Waals surface area contributed by atoms with Gasteiger partial charge >= 0.3 is 0 Å². The minimum Gasteiger partial charge on any atom is -0.350 e. The molecule has 0 spiro atoms. The molecule has 2 heterocycles. The van der Waals surface area contributed by atoms with Gasteiger partial charge in [0.2, 0.25) is 10.0 Å². The molecule has 4 rings (SSSR count). The fourth-order valence-corrected chi connectivity index (χ4v) is 4.47. The Hall–Kier alpha value is -2.97. The first-order valence-corrected chi connectivity index (χ1v) is 12.0. The highest BCUT2D eigenvalue weighted by atomic mass is 32.2. The molecule has 0 bridgehead atoms.